The fourth-order valence-corrected chi connectivity index (χ4v) is 2.99. The molecular formula is C12H13FO3S. The molecule has 1 fully saturated rings. The highest BCUT2D eigenvalue weighted by molar-refractivity contribution is 8.01. The second-order valence-electron chi connectivity index (χ2n) is 3.94. The molecule has 0 atom stereocenters. The lowest BCUT2D eigenvalue weighted by molar-refractivity contribution is -0.142. The van der Waals surface area contributed by atoms with Crippen molar-refractivity contribution in [1.82, 2.24) is 0 Å². The zero-order valence-corrected chi connectivity index (χ0v) is 10.0. The van der Waals surface area contributed by atoms with Crippen LogP contribution in [0.25, 0.3) is 0 Å². The number of carboxylic acid groups (broad SMARTS) is 1. The Balaban J connectivity index is 2.24. The molecule has 0 aliphatic carbocycles. The van der Waals surface area contributed by atoms with E-state index in [4.69, 9.17) is 4.74 Å². The number of ether oxygens (including phenoxy) is 1. The van der Waals surface area contributed by atoms with Crippen LogP contribution in [0.2, 0.25) is 0 Å². The number of aliphatic carboxylic acids is 1. The van der Waals surface area contributed by atoms with Crippen LogP contribution in [0.3, 0.4) is 0 Å². The summed E-state index contributed by atoms with van der Waals surface area (Å²) >= 11 is 1.09. The monoisotopic (exact) mass is 256 g/mol. The van der Waals surface area contributed by atoms with E-state index in [0.29, 0.717) is 31.0 Å². The van der Waals surface area contributed by atoms with Crippen LogP contribution in [0.15, 0.2) is 29.2 Å². The van der Waals surface area contributed by atoms with Crippen LogP contribution in [-0.4, -0.2) is 29.0 Å². The molecule has 1 heterocycles. The largest absolute Gasteiger partial charge is 0.480 e. The van der Waals surface area contributed by atoms with Gasteiger partial charge < -0.3 is 9.84 Å². The molecule has 92 valence electrons. The topological polar surface area (TPSA) is 46.5 Å². The molecule has 0 unspecified atom stereocenters. The third-order valence-corrected chi connectivity index (χ3v) is 4.36. The van der Waals surface area contributed by atoms with Crippen LogP contribution >= 0.6 is 11.8 Å². The van der Waals surface area contributed by atoms with Crippen LogP contribution in [-0.2, 0) is 9.53 Å². The van der Waals surface area contributed by atoms with Crippen molar-refractivity contribution in [2.45, 2.75) is 22.5 Å². The number of carbonyl (C=O) groups is 1. The first-order chi connectivity index (χ1) is 8.14. The van der Waals surface area contributed by atoms with Gasteiger partial charge in [0, 0.05) is 18.1 Å². The number of carboxylic acids is 1. The smallest absolute Gasteiger partial charge is 0.320 e. The maximum atomic E-state index is 13.5. The average molecular weight is 256 g/mol. The number of hydrogen-bond acceptors (Lipinski definition) is 3. The summed E-state index contributed by atoms with van der Waals surface area (Å²) in [5.74, 6) is -1.27. The van der Waals surface area contributed by atoms with Crippen molar-refractivity contribution in [2.75, 3.05) is 13.2 Å². The van der Waals surface area contributed by atoms with Crippen LogP contribution < -0.4 is 0 Å². The molecule has 17 heavy (non-hydrogen) atoms. The van der Waals surface area contributed by atoms with Gasteiger partial charge in [0.25, 0.3) is 0 Å². The van der Waals surface area contributed by atoms with Crippen LogP contribution in [0, 0.1) is 5.82 Å². The zero-order valence-electron chi connectivity index (χ0n) is 9.19. The number of halogens is 1. The maximum Gasteiger partial charge on any atom is 0.320 e. The molecule has 1 saturated heterocycles. The van der Waals surface area contributed by atoms with E-state index in [1.807, 2.05) is 0 Å². The van der Waals surface area contributed by atoms with Gasteiger partial charge in [-0.1, -0.05) is 12.1 Å². The summed E-state index contributed by atoms with van der Waals surface area (Å²) in [4.78, 5) is 11.8. The molecule has 0 aromatic heterocycles. The summed E-state index contributed by atoms with van der Waals surface area (Å²) < 4.78 is 17.7. The highest BCUT2D eigenvalue weighted by Crippen LogP contribution is 2.41. The van der Waals surface area contributed by atoms with Crippen LogP contribution in [0.4, 0.5) is 4.39 Å². The van der Waals surface area contributed by atoms with E-state index in [-0.39, 0.29) is 5.82 Å². The van der Waals surface area contributed by atoms with Gasteiger partial charge in [-0.15, -0.1) is 11.8 Å². The molecular weight excluding hydrogens is 243 g/mol. The first-order valence-corrected chi connectivity index (χ1v) is 6.20. The molecule has 5 heteroatoms. The number of thioether (sulfide) groups is 1. The Labute approximate surface area is 103 Å². The van der Waals surface area contributed by atoms with Crippen molar-refractivity contribution in [3.05, 3.63) is 30.1 Å². The lowest BCUT2D eigenvalue weighted by atomic mass is 9.99. The van der Waals surface area contributed by atoms with Gasteiger partial charge in [0.15, 0.2) is 0 Å². The second kappa shape index (κ2) is 5.06. The van der Waals surface area contributed by atoms with Gasteiger partial charge in [0.2, 0.25) is 0 Å². The minimum atomic E-state index is -0.958. The summed E-state index contributed by atoms with van der Waals surface area (Å²) in [6.07, 6.45) is 0.808. The highest BCUT2D eigenvalue weighted by Gasteiger charge is 2.41. The van der Waals surface area contributed by atoms with E-state index in [0.717, 1.165) is 11.8 Å². The summed E-state index contributed by atoms with van der Waals surface area (Å²) in [5.41, 5.74) is 0. The molecule has 1 aromatic carbocycles. The molecule has 1 aliphatic rings. The molecule has 0 radical (unpaired) electrons. The standard InChI is InChI=1S/C12H13FO3S/c13-9-3-1-2-4-10(9)17-12(11(14)15)5-7-16-8-6-12/h1-4H,5-8H2,(H,14,15). The summed E-state index contributed by atoms with van der Waals surface area (Å²) in [6.45, 7) is 0.821. The highest BCUT2D eigenvalue weighted by atomic mass is 32.2. The Morgan fingerprint density at radius 3 is 2.59 bits per heavy atom. The Bertz CT molecular complexity index is 416. The maximum absolute atomic E-state index is 13.5. The zero-order chi connectivity index (χ0) is 12.3. The molecule has 2 rings (SSSR count). The van der Waals surface area contributed by atoms with E-state index in [9.17, 15) is 14.3 Å². The van der Waals surface area contributed by atoms with Gasteiger partial charge in [0.05, 0.1) is 0 Å². The molecule has 0 amide bonds. The van der Waals surface area contributed by atoms with Gasteiger partial charge in [-0.05, 0) is 25.0 Å². The first kappa shape index (κ1) is 12.4. The summed E-state index contributed by atoms with van der Waals surface area (Å²) in [6, 6.07) is 6.26. The summed E-state index contributed by atoms with van der Waals surface area (Å²) in [5, 5.41) is 9.34. The summed E-state index contributed by atoms with van der Waals surface area (Å²) in [7, 11) is 0. The van der Waals surface area contributed by atoms with E-state index in [2.05, 4.69) is 0 Å². The number of benzene rings is 1. The van der Waals surface area contributed by atoms with Crippen molar-refractivity contribution in [3.63, 3.8) is 0 Å². The molecule has 0 bridgehead atoms. The fourth-order valence-electron chi connectivity index (χ4n) is 1.80. The quantitative estimate of drug-likeness (QED) is 0.902. The van der Waals surface area contributed by atoms with E-state index >= 15 is 0 Å². The molecule has 1 aliphatic heterocycles. The first-order valence-electron chi connectivity index (χ1n) is 5.39. The lowest BCUT2D eigenvalue weighted by Crippen LogP contribution is -2.40. The SMILES string of the molecule is O=C(O)C1(Sc2ccccc2F)CCOCC1. The average Bonchev–Trinajstić information content (AvgIpc) is 2.33. The third-order valence-electron chi connectivity index (χ3n) is 2.83. The Morgan fingerprint density at radius 1 is 1.35 bits per heavy atom. The Morgan fingerprint density at radius 2 is 2.00 bits per heavy atom. The normalized spacial score (nSPS) is 18.9. The molecule has 3 nitrogen and oxygen atoms in total. The van der Waals surface area contributed by atoms with Gasteiger partial charge in [-0.3, -0.25) is 4.79 Å². The van der Waals surface area contributed by atoms with Crippen molar-refractivity contribution in [3.8, 4) is 0 Å². The minimum absolute atomic E-state index is 0.371. The van der Waals surface area contributed by atoms with Crippen molar-refractivity contribution in [1.29, 1.82) is 0 Å². The van der Waals surface area contributed by atoms with Gasteiger partial charge in [-0.2, -0.15) is 0 Å². The molecule has 1 aromatic rings. The lowest BCUT2D eigenvalue weighted by Gasteiger charge is -2.32. The predicted molar refractivity (Wildman–Crippen MR) is 62.7 cm³/mol. The molecule has 0 saturated carbocycles. The molecule has 1 N–H and O–H groups in total. The van der Waals surface area contributed by atoms with E-state index < -0.39 is 10.7 Å². The Hall–Kier alpha value is -1.07. The van der Waals surface area contributed by atoms with Crippen molar-refractivity contribution >= 4 is 17.7 Å². The van der Waals surface area contributed by atoms with Crippen molar-refractivity contribution < 1.29 is 19.0 Å². The second-order valence-corrected chi connectivity index (χ2v) is 5.37. The minimum Gasteiger partial charge on any atom is -0.480 e. The van der Waals surface area contributed by atoms with Gasteiger partial charge in [-0.25, -0.2) is 4.39 Å². The van der Waals surface area contributed by atoms with Gasteiger partial charge >= 0.3 is 5.97 Å². The van der Waals surface area contributed by atoms with E-state index in [1.165, 1.54) is 6.07 Å². The van der Waals surface area contributed by atoms with E-state index in [1.54, 1.807) is 18.2 Å². The predicted octanol–water partition coefficient (Wildman–Crippen LogP) is 2.55. The van der Waals surface area contributed by atoms with Crippen LogP contribution in [0.1, 0.15) is 12.8 Å². The third kappa shape index (κ3) is 2.61. The molecule has 0 spiro atoms. The van der Waals surface area contributed by atoms with Crippen LogP contribution in [0.5, 0.6) is 0 Å². The van der Waals surface area contributed by atoms with Gasteiger partial charge in [0.1, 0.15) is 10.6 Å². The van der Waals surface area contributed by atoms with Crippen molar-refractivity contribution in [2.24, 2.45) is 0 Å². The number of rotatable bonds is 3. The Kier molecular flexibility index (Phi) is 3.69. The fraction of sp³-hybridized carbons (Fsp3) is 0.417. The number of hydrogen-bond donors (Lipinski definition) is 1.